The average molecular weight is 274 g/mol. The van der Waals surface area contributed by atoms with Crippen LogP contribution in [0.5, 0.6) is 0 Å². The van der Waals surface area contributed by atoms with Gasteiger partial charge in [0, 0.05) is 13.2 Å². The highest BCUT2D eigenvalue weighted by molar-refractivity contribution is 7.89. The van der Waals surface area contributed by atoms with Gasteiger partial charge in [0.2, 0.25) is 5.09 Å². The van der Waals surface area contributed by atoms with Crippen LogP contribution in [0.15, 0.2) is 21.6 Å². The standard InChI is InChI=1S/C11H18N2O4S/c1-8-9(4-5-16-8)6-13-7-10-2-3-11(17-10)18(12,14)15/h2-3,8-9,13H,4-7H2,1H3,(H2,12,14,15). The third-order valence-corrected chi connectivity index (χ3v) is 3.94. The van der Waals surface area contributed by atoms with Crippen molar-refractivity contribution < 1.29 is 17.6 Å². The van der Waals surface area contributed by atoms with Crippen molar-refractivity contribution in [2.24, 2.45) is 11.1 Å². The molecule has 6 nitrogen and oxygen atoms in total. The van der Waals surface area contributed by atoms with Gasteiger partial charge in [0.15, 0.2) is 0 Å². The van der Waals surface area contributed by atoms with Crippen LogP contribution in [0.1, 0.15) is 19.1 Å². The molecule has 0 radical (unpaired) electrons. The van der Waals surface area contributed by atoms with Gasteiger partial charge in [0.25, 0.3) is 10.0 Å². The van der Waals surface area contributed by atoms with Crippen molar-refractivity contribution in [1.29, 1.82) is 0 Å². The number of sulfonamides is 1. The van der Waals surface area contributed by atoms with Gasteiger partial charge in [-0.1, -0.05) is 0 Å². The van der Waals surface area contributed by atoms with Crippen LogP contribution in [0.4, 0.5) is 0 Å². The molecule has 1 aromatic rings. The van der Waals surface area contributed by atoms with Gasteiger partial charge in [0.05, 0.1) is 12.6 Å². The fourth-order valence-electron chi connectivity index (χ4n) is 2.03. The molecule has 1 fully saturated rings. The molecule has 2 atom stereocenters. The van der Waals surface area contributed by atoms with Crippen LogP contribution in [-0.4, -0.2) is 27.7 Å². The third-order valence-electron chi connectivity index (χ3n) is 3.16. The van der Waals surface area contributed by atoms with Crippen LogP contribution < -0.4 is 10.5 Å². The summed E-state index contributed by atoms with van der Waals surface area (Å²) >= 11 is 0. The molecule has 1 saturated heterocycles. The largest absolute Gasteiger partial charge is 0.447 e. The van der Waals surface area contributed by atoms with Gasteiger partial charge in [-0.3, -0.25) is 0 Å². The zero-order valence-electron chi connectivity index (χ0n) is 10.3. The highest BCUT2D eigenvalue weighted by Crippen LogP contribution is 2.19. The van der Waals surface area contributed by atoms with Crippen molar-refractivity contribution in [3.8, 4) is 0 Å². The van der Waals surface area contributed by atoms with Gasteiger partial charge in [-0.15, -0.1) is 0 Å². The van der Waals surface area contributed by atoms with Gasteiger partial charge < -0.3 is 14.5 Å². The monoisotopic (exact) mass is 274 g/mol. The summed E-state index contributed by atoms with van der Waals surface area (Å²) in [6, 6.07) is 2.98. The van der Waals surface area contributed by atoms with Crippen LogP contribution in [0.25, 0.3) is 0 Å². The van der Waals surface area contributed by atoms with Gasteiger partial charge in [-0.2, -0.15) is 0 Å². The van der Waals surface area contributed by atoms with Crippen molar-refractivity contribution in [2.75, 3.05) is 13.2 Å². The van der Waals surface area contributed by atoms with E-state index in [1.165, 1.54) is 6.07 Å². The van der Waals surface area contributed by atoms with Crippen LogP contribution in [0, 0.1) is 5.92 Å². The Hall–Kier alpha value is -0.890. The van der Waals surface area contributed by atoms with E-state index in [-0.39, 0.29) is 11.2 Å². The van der Waals surface area contributed by atoms with E-state index in [0.29, 0.717) is 18.2 Å². The molecular weight excluding hydrogens is 256 g/mol. The molecule has 2 rings (SSSR count). The Morgan fingerprint density at radius 2 is 2.28 bits per heavy atom. The van der Waals surface area contributed by atoms with Crippen molar-refractivity contribution in [3.63, 3.8) is 0 Å². The minimum atomic E-state index is -3.75. The molecule has 0 spiro atoms. The van der Waals surface area contributed by atoms with Crippen LogP contribution in [0.3, 0.4) is 0 Å². The number of nitrogens with one attached hydrogen (secondary N) is 1. The van der Waals surface area contributed by atoms with Gasteiger partial charge >= 0.3 is 0 Å². The Labute approximate surface area is 107 Å². The first kappa shape index (κ1) is 13.5. The van der Waals surface area contributed by atoms with Crippen LogP contribution >= 0.6 is 0 Å². The summed E-state index contributed by atoms with van der Waals surface area (Å²) in [5.74, 6) is 1.06. The zero-order chi connectivity index (χ0) is 13.2. The Morgan fingerprint density at radius 3 is 2.83 bits per heavy atom. The Kier molecular flexibility index (Phi) is 4.06. The Bertz CT molecular complexity index is 497. The molecular formula is C11H18N2O4S. The molecule has 2 unspecified atom stereocenters. The number of furan rings is 1. The van der Waals surface area contributed by atoms with E-state index in [9.17, 15) is 8.42 Å². The normalized spacial score (nSPS) is 24.6. The van der Waals surface area contributed by atoms with Crippen LogP contribution in [0.2, 0.25) is 0 Å². The van der Waals surface area contributed by atoms with E-state index in [0.717, 1.165) is 19.6 Å². The lowest BCUT2D eigenvalue weighted by Crippen LogP contribution is -2.26. The Morgan fingerprint density at radius 1 is 1.50 bits per heavy atom. The second-order valence-corrected chi connectivity index (χ2v) is 6.01. The summed E-state index contributed by atoms with van der Waals surface area (Å²) in [7, 11) is -3.75. The number of primary sulfonamides is 1. The fraction of sp³-hybridized carbons (Fsp3) is 0.636. The lowest BCUT2D eigenvalue weighted by atomic mass is 10.0. The maximum Gasteiger partial charge on any atom is 0.271 e. The van der Waals surface area contributed by atoms with Crippen molar-refractivity contribution in [2.45, 2.75) is 31.1 Å². The summed E-state index contributed by atoms with van der Waals surface area (Å²) in [6.45, 7) is 4.18. The highest BCUT2D eigenvalue weighted by atomic mass is 32.2. The lowest BCUT2D eigenvalue weighted by Gasteiger charge is -2.13. The number of hydrogen-bond acceptors (Lipinski definition) is 5. The minimum absolute atomic E-state index is 0.197. The number of hydrogen-bond donors (Lipinski definition) is 2. The first-order valence-corrected chi connectivity index (χ1v) is 7.45. The third kappa shape index (κ3) is 3.32. The van der Waals surface area contributed by atoms with Crippen molar-refractivity contribution in [3.05, 3.63) is 17.9 Å². The summed E-state index contributed by atoms with van der Waals surface area (Å²) < 4.78 is 32.6. The number of rotatable bonds is 5. The first-order chi connectivity index (χ1) is 8.47. The maximum absolute atomic E-state index is 11.0. The quantitative estimate of drug-likeness (QED) is 0.812. The predicted octanol–water partition coefficient (Wildman–Crippen LogP) is 0.442. The summed E-state index contributed by atoms with van der Waals surface area (Å²) in [4.78, 5) is 0. The summed E-state index contributed by atoms with van der Waals surface area (Å²) in [5.41, 5.74) is 0. The summed E-state index contributed by atoms with van der Waals surface area (Å²) in [6.07, 6.45) is 1.32. The van der Waals surface area contributed by atoms with Crippen molar-refractivity contribution >= 4 is 10.0 Å². The van der Waals surface area contributed by atoms with E-state index in [1.54, 1.807) is 6.07 Å². The average Bonchev–Trinajstić information content (AvgIpc) is 2.88. The Balaban J connectivity index is 1.82. The molecule has 3 N–H and O–H groups in total. The molecule has 18 heavy (non-hydrogen) atoms. The van der Waals surface area contributed by atoms with E-state index in [4.69, 9.17) is 14.3 Å². The second-order valence-electron chi connectivity index (χ2n) is 4.52. The van der Waals surface area contributed by atoms with Gasteiger partial charge in [-0.25, -0.2) is 13.6 Å². The molecule has 102 valence electrons. The second kappa shape index (κ2) is 5.40. The molecule has 1 aliphatic rings. The van der Waals surface area contributed by atoms with E-state index < -0.39 is 10.0 Å². The smallest absolute Gasteiger partial charge is 0.271 e. The van der Waals surface area contributed by atoms with E-state index >= 15 is 0 Å². The lowest BCUT2D eigenvalue weighted by molar-refractivity contribution is 0.105. The van der Waals surface area contributed by atoms with Gasteiger partial charge in [-0.05, 0) is 31.4 Å². The summed E-state index contributed by atoms with van der Waals surface area (Å²) in [5, 5.41) is 7.99. The molecule has 7 heteroatoms. The highest BCUT2D eigenvalue weighted by Gasteiger charge is 2.23. The molecule has 0 aliphatic carbocycles. The molecule has 2 heterocycles. The molecule has 1 aromatic heterocycles. The molecule has 0 aromatic carbocycles. The van der Waals surface area contributed by atoms with E-state index in [1.807, 2.05) is 0 Å². The molecule has 0 saturated carbocycles. The molecule has 0 bridgehead atoms. The van der Waals surface area contributed by atoms with Crippen molar-refractivity contribution in [1.82, 2.24) is 5.32 Å². The number of ether oxygens (including phenoxy) is 1. The zero-order valence-corrected chi connectivity index (χ0v) is 11.1. The minimum Gasteiger partial charge on any atom is -0.447 e. The molecule has 0 amide bonds. The SMILES string of the molecule is CC1OCCC1CNCc1ccc(S(N)(=O)=O)o1. The molecule has 1 aliphatic heterocycles. The topological polar surface area (TPSA) is 94.6 Å². The van der Waals surface area contributed by atoms with Crippen LogP contribution in [-0.2, 0) is 21.3 Å². The fourth-order valence-corrected chi connectivity index (χ4v) is 2.51. The number of nitrogens with two attached hydrogens (primary N) is 1. The predicted molar refractivity (Wildman–Crippen MR) is 65.3 cm³/mol. The van der Waals surface area contributed by atoms with E-state index in [2.05, 4.69) is 12.2 Å². The first-order valence-electron chi connectivity index (χ1n) is 5.90. The van der Waals surface area contributed by atoms with Gasteiger partial charge in [0.1, 0.15) is 5.76 Å². The maximum atomic E-state index is 11.0.